The number of rotatable bonds is 5. The molecule has 204 valence electrons. The van der Waals surface area contributed by atoms with Gasteiger partial charge in [0.1, 0.15) is 17.4 Å². The molecule has 7 atom stereocenters. The highest BCUT2D eigenvalue weighted by molar-refractivity contribution is 6.26. The molecule has 0 saturated heterocycles. The van der Waals surface area contributed by atoms with Crippen LogP contribution in [0.2, 0.25) is 0 Å². The molecule has 0 aliphatic heterocycles. The first kappa shape index (κ1) is 26.8. The van der Waals surface area contributed by atoms with Gasteiger partial charge in [-0.15, -0.1) is 0 Å². The molecule has 2 aromatic carbocycles. The predicted octanol–water partition coefficient (Wildman–Crippen LogP) is 0.795. The number of aromatic hydroxyl groups is 1. The number of phenolic OH excluding ortho intramolecular Hbond substituents is 1. The molecule has 10 nitrogen and oxygen atoms in total. The van der Waals surface area contributed by atoms with E-state index in [9.17, 15) is 34.8 Å². The van der Waals surface area contributed by atoms with E-state index in [0.29, 0.717) is 11.1 Å². The van der Waals surface area contributed by atoms with E-state index in [1.807, 2.05) is 30.3 Å². The number of phenols is 1. The van der Waals surface area contributed by atoms with Crippen LogP contribution in [0.15, 0.2) is 60.7 Å². The van der Waals surface area contributed by atoms with Gasteiger partial charge in [0.15, 0.2) is 11.4 Å². The SMILES string of the molecule is C=C1c2cccc(O)c2C(O)=C2C(=O)[C@]3(O)C(=O)C(C(N)=O)C(O)[C@@H](N(C)C)[C@@H]3[C@@H](OCc3ccccc3)[C@H]12. The summed E-state index contributed by atoms with van der Waals surface area (Å²) in [5.74, 6) is -8.88. The number of ketones is 2. The second-order valence-electron chi connectivity index (χ2n) is 10.5. The fraction of sp³-hybridized carbons (Fsp3) is 0.345. The van der Waals surface area contributed by atoms with E-state index in [4.69, 9.17) is 10.5 Å². The summed E-state index contributed by atoms with van der Waals surface area (Å²) in [5, 5.41) is 45.2. The maximum atomic E-state index is 14.1. The molecule has 39 heavy (non-hydrogen) atoms. The van der Waals surface area contributed by atoms with E-state index in [2.05, 4.69) is 6.58 Å². The molecule has 0 radical (unpaired) electrons. The topological polar surface area (TPSA) is 171 Å². The number of hydrogen-bond acceptors (Lipinski definition) is 9. The van der Waals surface area contributed by atoms with Crippen molar-refractivity contribution in [2.45, 2.75) is 30.5 Å². The summed E-state index contributed by atoms with van der Waals surface area (Å²) in [6.07, 6.45) is -2.83. The lowest BCUT2D eigenvalue weighted by Crippen LogP contribution is -2.76. The molecule has 0 spiro atoms. The quantitative estimate of drug-likeness (QED) is 0.348. The zero-order valence-corrected chi connectivity index (χ0v) is 21.4. The van der Waals surface area contributed by atoms with Crippen LogP contribution in [0.5, 0.6) is 5.75 Å². The van der Waals surface area contributed by atoms with E-state index in [-0.39, 0.29) is 23.5 Å². The summed E-state index contributed by atoms with van der Waals surface area (Å²) in [6.45, 7) is 4.16. The number of aliphatic hydroxyl groups excluding tert-OH is 2. The number of benzene rings is 2. The molecule has 0 heterocycles. The predicted molar refractivity (Wildman–Crippen MR) is 140 cm³/mol. The molecule has 3 aliphatic carbocycles. The van der Waals surface area contributed by atoms with Gasteiger partial charge in [-0.1, -0.05) is 49.0 Å². The van der Waals surface area contributed by atoms with Crippen molar-refractivity contribution in [2.75, 3.05) is 14.1 Å². The summed E-state index contributed by atoms with van der Waals surface area (Å²) in [7, 11) is 3.15. The Morgan fingerprint density at radius 1 is 1.10 bits per heavy atom. The van der Waals surface area contributed by atoms with Gasteiger partial charge in [0.2, 0.25) is 11.7 Å². The van der Waals surface area contributed by atoms with Crippen molar-refractivity contribution >= 4 is 28.8 Å². The number of ether oxygens (including phenoxy) is 1. The summed E-state index contributed by atoms with van der Waals surface area (Å²) >= 11 is 0. The fourth-order valence-corrected chi connectivity index (χ4v) is 6.50. The zero-order valence-electron chi connectivity index (χ0n) is 21.4. The average molecular weight is 535 g/mol. The number of carbonyl (C=O) groups excluding carboxylic acids is 3. The van der Waals surface area contributed by atoms with Gasteiger partial charge in [-0.3, -0.25) is 14.4 Å². The van der Waals surface area contributed by atoms with Crippen molar-refractivity contribution in [1.29, 1.82) is 0 Å². The molecule has 2 saturated carbocycles. The van der Waals surface area contributed by atoms with Crippen molar-refractivity contribution in [3.05, 3.63) is 77.4 Å². The third-order valence-corrected chi connectivity index (χ3v) is 8.23. The monoisotopic (exact) mass is 534 g/mol. The number of likely N-dealkylation sites (N-methyl/N-ethyl adjacent to an activating group) is 1. The molecule has 0 aromatic heterocycles. The minimum atomic E-state index is -2.88. The number of primary amides is 1. The van der Waals surface area contributed by atoms with Gasteiger partial charge in [0.05, 0.1) is 30.0 Å². The molecule has 2 aromatic rings. The van der Waals surface area contributed by atoms with Crippen LogP contribution in [-0.4, -0.2) is 80.7 Å². The van der Waals surface area contributed by atoms with Gasteiger partial charge in [-0.25, -0.2) is 0 Å². The zero-order chi connectivity index (χ0) is 28.4. The van der Waals surface area contributed by atoms with Crippen LogP contribution < -0.4 is 5.73 Å². The molecule has 2 unspecified atom stereocenters. The summed E-state index contributed by atoms with van der Waals surface area (Å²) in [6, 6.07) is 12.4. The molecule has 6 N–H and O–H groups in total. The molecule has 10 heteroatoms. The summed E-state index contributed by atoms with van der Waals surface area (Å²) in [5.41, 5.74) is 3.60. The Morgan fingerprint density at radius 2 is 1.77 bits per heavy atom. The fourth-order valence-electron chi connectivity index (χ4n) is 6.50. The van der Waals surface area contributed by atoms with Crippen LogP contribution in [-0.2, 0) is 25.7 Å². The van der Waals surface area contributed by atoms with Gasteiger partial charge >= 0.3 is 0 Å². The van der Waals surface area contributed by atoms with Crippen LogP contribution >= 0.6 is 0 Å². The smallest absolute Gasteiger partial charge is 0.230 e. The number of fused-ring (bicyclic) bond motifs is 3. The highest BCUT2D eigenvalue weighted by atomic mass is 16.5. The second-order valence-corrected chi connectivity index (χ2v) is 10.5. The lowest BCUT2D eigenvalue weighted by Gasteiger charge is -2.56. The van der Waals surface area contributed by atoms with Crippen LogP contribution in [0.3, 0.4) is 0 Å². The first-order chi connectivity index (χ1) is 18.4. The molecule has 0 bridgehead atoms. The second kappa shape index (κ2) is 9.42. The first-order valence-electron chi connectivity index (χ1n) is 12.5. The highest BCUT2D eigenvalue weighted by Crippen LogP contribution is 2.56. The molecular formula is C29H30N2O8. The van der Waals surface area contributed by atoms with Crippen molar-refractivity contribution in [2.24, 2.45) is 23.5 Å². The number of Topliss-reactive ketones (excluding diaryl/α,β-unsaturated/α-hetero) is 2. The van der Waals surface area contributed by atoms with Crippen molar-refractivity contribution in [3.8, 4) is 5.75 Å². The Balaban J connectivity index is 1.77. The Labute approximate surface area is 224 Å². The van der Waals surface area contributed by atoms with Gasteiger partial charge in [0, 0.05) is 17.9 Å². The Morgan fingerprint density at radius 3 is 2.38 bits per heavy atom. The largest absolute Gasteiger partial charge is 0.507 e. The van der Waals surface area contributed by atoms with Gasteiger partial charge in [0.25, 0.3) is 0 Å². The lowest BCUT2D eigenvalue weighted by atomic mass is 9.52. The van der Waals surface area contributed by atoms with E-state index in [1.54, 1.807) is 26.2 Å². The maximum Gasteiger partial charge on any atom is 0.230 e. The normalized spacial score (nSPS) is 32.1. The number of nitrogens with two attached hydrogens (primary N) is 1. The highest BCUT2D eigenvalue weighted by Gasteiger charge is 2.71. The van der Waals surface area contributed by atoms with Crippen LogP contribution in [0.25, 0.3) is 11.3 Å². The molecule has 5 rings (SSSR count). The Bertz CT molecular complexity index is 1420. The van der Waals surface area contributed by atoms with Crippen molar-refractivity contribution < 1.29 is 39.5 Å². The van der Waals surface area contributed by atoms with Gasteiger partial charge in [-0.05, 0) is 36.9 Å². The Hall–Kier alpha value is -3.83. The van der Waals surface area contributed by atoms with Crippen LogP contribution in [0.1, 0.15) is 16.7 Å². The average Bonchev–Trinajstić information content (AvgIpc) is 2.88. The number of carbonyl (C=O) groups is 3. The third-order valence-electron chi connectivity index (χ3n) is 8.23. The van der Waals surface area contributed by atoms with Crippen molar-refractivity contribution in [1.82, 2.24) is 4.90 Å². The van der Waals surface area contributed by atoms with Crippen molar-refractivity contribution in [3.63, 3.8) is 0 Å². The summed E-state index contributed by atoms with van der Waals surface area (Å²) in [4.78, 5) is 41.7. The number of amides is 1. The molecular weight excluding hydrogens is 504 g/mol. The van der Waals surface area contributed by atoms with E-state index < -0.39 is 64.8 Å². The first-order valence-corrected chi connectivity index (χ1v) is 12.5. The number of nitrogens with zero attached hydrogens (tertiary/aromatic N) is 1. The van der Waals surface area contributed by atoms with E-state index in [1.165, 1.54) is 11.0 Å². The lowest BCUT2D eigenvalue weighted by molar-refractivity contribution is -0.202. The maximum absolute atomic E-state index is 14.1. The molecule has 1 amide bonds. The number of hydrogen-bond donors (Lipinski definition) is 5. The van der Waals surface area contributed by atoms with Crippen LogP contribution in [0.4, 0.5) is 0 Å². The van der Waals surface area contributed by atoms with Gasteiger partial charge in [-0.2, -0.15) is 0 Å². The Kier molecular flexibility index (Phi) is 6.47. The minimum Gasteiger partial charge on any atom is -0.507 e. The third kappa shape index (κ3) is 3.75. The molecule has 3 aliphatic rings. The van der Waals surface area contributed by atoms with Gasteiger partial charge < -0.3 is 35.8 Å². The van der Waals surface area contributed by atoms with E-state index >= 15 is 0 Å². The molecule has 2 fully saturated rings. The standard InChI is InChI=1S/C29H30N2O8/c1-13-15-10-7-11-16(32)18(15)23(33)19-17(13)25(39-12-14-8-5-4-6-9-14)21-22(31(2)3)24(34)20(28(30)37)27(36)29(21,38)26(19)35/h4-11,17,20-22,24-25,32-34,38H,1,12H2,2-3H3,(H2,30,37)/t17-,20?,21-,22+,24?,25+,29+/m1/s1. The van der Waals surface area contributed by atoms with E-state index in [0.717, 1.165) is 5.56 Å². The summed E-state index contributed by atoms with van der Waals surface area (Å²) < 4.78 is 6.37. The number of aliphatic hydroxyl groups is 3. The van der Waals surface area contributed by atoms with Crippen LogP contribution in [0, 0.1) is 17.8 Å². The minimum absolute atomic E-state index is 0.000673.